The van der Waals surface area contributed by atoms with Gasteiger partial charge < -0.3 is 33.8 Å². The number of aliphatic hydroxyl groups is 1. The number of aliphatic hydroxyl groups excluding tert-OH is 1. The van der Waals surface area contributed by atoms with Crippen LogP contribution in [0.1, 0.15) is 472 Å². The van der Waals surface area contributed by atoms with Crippen LogP contribution >= 0.6 is 15.6 Å². The van der Waals surface area contributed by atoms with Crippen molar-refractivity contribution >= 4 is 39.5 Å². The van der Waals surface area contributed by atoms with Crippen LogP contribution in [0.25, 0.3) is 0 Å². The van der Waals surface area contributed by atoms with E-state index in [0.29, 0.717) is 25.7 Å². The molecule has 0 rings (SSSR count). The van der Waals surface area contributed by atoms with Crippen molar-refractivity contribution < 1.29 is 80.2 Å². The second kappa shape index (κ2) is 78.9. The Balaban J connectivity index is 5.15. The number of phosphoric ester groups is 2. The zero-order chi connectivity index (χ0) is 79.3. The summed E-state index contributed by atoms with van der Waals surface area (Å²) in [5.74, 6) is 0.347. The van der Waals surface area contributed by atoms with Gasteiger partial charge in [0.25, 0.3) is 0 Å². The molecule has 0 aromatic carbocycles. The Labute approximate surface area is 664 Å². The van der Waals surface area contributed by atoms with Gasteiger partial charge in [0.1, 0.15) is 19.3 Å². The van der Waals surface area contributed by atoms with E-state index in [-0.39, 0.29) is 25.7 Å². The number of hydrogen-bond donors (Lipinski definition) is 3. The third kappa shape index (κ3) is 82.1. The van der Waals surface area contributed by atoms with Crippen LogP contribution in [0.15, 0.2) is 0 Å². The lowest BCUT2D eigenvalue weighted by molar-refractivity contribution is -0.161. The standard InChI is InChI=1S/C89H174O17P2/c1-8-9-10-11-46-56-63-70-86(91)99-76-84(105-88(93)72-65-59-52-45-39-33-27-21-20-24-30-36-42-49-55-62-69-82(6)7)78-103-107(95,96)101-74-83(90)75-102-108(97,98)104-79-85(106-89(94)73-66-58-51-44-38-32-26-19-15-13-17-23-29-35-41-48-54-61-68-81(4)5)77-100-87(92)71-64-57-50-43-37-31-25-18-14-12-16-22-28-34-40-47-53-60-67-80(2)3/h80-85,90H,8-79H2,1-7H3,(H,95,96)(H,97,98)/t83-,84+,85+/m0/s1. The van der Waals surface area contributed by atoms with E-state index in [9.17, 15) is 43.2 Å². The summed E-state index contributed by atoms with van der Waals surface area (Å²) in [6, 6.07) is 0. The fourth-order valence-electron chi connectivity index (χ4n) is 13.9. The molecule has 0 aliphatic rings. The lowest BCUT2D eigenvalue weighted by atomic mass is 10.0. The summed E-state index contributed by atoms with van der Waals surface area (Å²) in [5.41, 5.74) is 0. The van der Waals surface area contributed by atoms with Crippen molar-refractivity contribution in [2.45, 2.75) is 491 Å². The first-order valence-electron chi connectivity index (χ1n) is 45.8. The molecule has 0 radical (unpaired) electrons. The number of unbranched alkanes of at least 4 members (excludes halogenated alkanes) is 55. The molecular weight excluding hydrogens is 1400 g/mol. The van der Waals surface area contributed by atoms with E-state index in [0.717, 1.165) is 120 Å². The Morgan fingerprint density at radius 1 is 0.250 bits per heavy atom. The summed E-state index contributed by atoms with van der Waals surface area (Å²) < 4.78 is 68.9. The van der Waals surface area contributed by atoms with Crippen LogP contribution in [0.4, 0.5) is 0 Å². The molecule has 0 aliphatic carbocycles. The third-order valence-corrected chi connectivity index (χ3v) is 22.8. The van der Waals surface area contributed by atoms with Crippen LogP contribution in [-0.4, -0.2) is 96.7 Å². The molecule has 5 atom stereocenters. The molecule has 0 amide bonds. The van der Waals surface area contributed by atoms with Gasteiger partial charge in [-0.1, -0.05) is 421 Å². The number of rotatable bonds is 87. The van der Waals surface area contributed by atoms with Gasteiger partial charge in [-0.15, -0.1) is 0 Å². The van der Waals surface area contributed by atoms with Gasteiger partial charge in [0, 0.05) is 25.7 Å². The van der Waals surface area contributed by atoms with E-state index in [1.165, 1.54) is 270 Å². The van der Waals surface area contributed by atoms with Gasteiger partial charge >= 0.3 is 39.5 Å². The van der Waals surface area contributed by atoms with Crippen molar-refractivity contribution in [1.29, 1.82) is 0 Å². The quantitative estimate of drug-likeness (QED) is 0.0222. The molecule has 0 aromatic rings. The summed E-state index contributed by atoms with van der Waals surface area (Å²) in [6.07, 6.45) is 71.1. The van der Waals surface area contributed by atoms with E-state index >= 15 is 0 Å². The van der Waals surface area contributed by atoms with Crippen LogP contribution in [0.2, 0.25) is 0 Å². The van der Waals surface area contributed by atoms with Gasteiger partial charge in [-0.25, -0.2) is 9.13 Å². The highest BCUT2D eigenvalue weighted by Gasteiger charge is 2.31. The smallest absolute Gasteiger partial charge is 0.462 e. The first-order chi connectivity index (χ1) is 52.2. The molecule has 0 aliphatic heterocycles. The third-order valence-electron chi connectivity index (χ3n) is 20.9. The normalized spacial score (nSPS) is 13.8. The second-order valence-electron chi connectivity index (χ2n) is 33.4. The first-order valence-corrected chi connectivity index (χ1v) is 48.8. The maximum absolute atomic E-state index is 13.2. The lowest BCUT2D eigenvalue weighted by Gasteiger charge is -2.21. The van der Waals surface area contributed by atoms with Gasteiger partial charge in [0.2, 0.25) is 0 Å². The zero-order valence-corrected chi connectivity index (χ0v) is 73.1. The Kier molecular flexibility index (Phi) is 77.5. The summed E-state index contributed by atoms with van der Waals surface area (Å²) in [5, 5.41) is 10.7. The van der Waals surface area contributed by atoms with Crippen molar-refractivity contribution in [2.24, 2.45) is 17.8 Å². The van der Waals surface area contributed by atoms with E-state index in [4.69, 9.17) is 37.0 Å². The number of ether oxygens (including phenoxy) is 4. The van der Waals surface area contributed by atoms with Crippen molar-refractivity contribution in [2.75, 3.05) is 39.6 Å². The lowest BCUT2D eigenvalue weighted by Crippen LogP contribution is -2.30. The van der Waals surface area contributed by atoms with E-state index in [2.05, 4.69) is 48.5 Å². The summed E-state index contributed by atoms with van der Waals surface area (Å²) in [7, 11) is -9.93. The SMILES string of the molecule is CCCCCCCCCC(=O)OC[C@H](COP(=O)(O)OC[C@H](O)COP(=O)(O)OC[C@@H](COC(=O)CCCCCCCCCCCCCCCCCCCCC(C)C)OC(=O)CCCCCCCCCCCCCCCCCCCCC(C)C)OC(=O)CCCCCCCCCCCCCCCCCCC(C)C. The van der Waals surface area contributed by atoms with Crippen molar-refractivity contribution in [3.63, 3.8) is 0 Å². The van der Waals surface area contributed by atoms with E-state index in [1.54, 1.807) is 0 Å². The fourth-order valence-corrected chi connectivity index (χ4v) is 15.5. The molecule has 0 fully saturated rings. The molecule has 0 saturated heterocycles. The summed E-state index contributed by atoms with van der Waals surface area (Å²) in [6.45, 7) is 12.1. The Bertz CT molecular complexity index is 2080. The van der Waals surface area contributed by atoms with Crippen molar-refractivity contribution in [1.82, 2.24) is 0 Å². The number of phosphoric acid groups is 2. The van der Waals surface area contributed by atoms with Gasteiger partial charge in [-0.3, -0.25) is 37.3 Å². The van der Waals surface area contributed by atoms with Crippen LogP contribution in [0, 0.1) is 17.8 Å². The minimum Gasteiger partial charge on any atom is -0.462 e. The largest absolute Gasteiger partial charge is 0.472 e. The maximum atomic E-state index is 13.2. The van der Waals surface area contributed by atoms with Gasteiger partial charge in [-0.2, -0.15) is 0 Å². The molecule has 0 bridgehead atoms. The molecule has 0 spiro atoms. The second-order valence-corrected chi connectivity index (χ2v) is 36.3. The van der Waals surface area contributed by atoms with Crippen LogP contribution < -0.4 is 0 Å². The molecule has 3 N–H and O–H groups in total. The highest BCUT2D eigenvalue weighted by molar-refractivity contribution is 7.47. The van der Waals surface area contributed by atoms with Crippen LogP contribution in [0.3, 0.4) is 0 Å². The van der Waals surface area contributed by atoms with Crippen molar-refractivity contribution in [3.05, 3.63) is 0 Å². The predicted octanol–water partition coefficient (Wildman–Crippen LogP) is 27.3. The topological polar surface area (TPSA) is 237 Å². The van der Waals surface area contributed by atoms with E-state index in [1.807, 2.05) is 0 Å². The molecule has 17 nitrogen and oxygen atoms in total. The number of hydrogen-bond acceptors (Lipinski definition) is 15. The minimum absolute atomic E-state index is 0.108. The van der Waals surface area contributed by atoms with Crippen LogP contribution in [-0.2, 0) is 65.4 Å². The average molecular weight is 1580 g/mol. The van der Waals surface area contributed by atoms with Crippen molar-refractivity contribution in [3.8, 4) is 0 Å². The molecule has 0 heterocycles. The zero-order valence-electron chi connectivity index (χ0n) is 71.3. The van der Waals surface area contributed by atoms with E-state index < -0.39 is 97.5 Å². The Morgan fingerprint density at radius 3 is 0.630 bits per heavy atom. The number of carbonyl (C=O) groups excluding carboxylic acids is 4. The molecule has 642 valence electrons. The number of esters is 4. The van der Waals surface area contributed by atoms with Crippen LogP contribution in [0.5, 0.6) is 0 Å². The Hall–Kier alpha value is -1.94. The number of carbonyl (C=O) groups is 4. The predicted molar refractivity (Wildman–Crippen MR) is 446 cm³/mol. The summed E-state index contributed by atoms with van der Waals surface area (Å²) in [4.78, 5) is 73.2. The van der Waals surface area contributed by atoms with Gasteiger partial charge in [0.05, 0.1) is 26.4 Å². The molecule has 0 saturated carbocycles. The average Bonchev–Trinajstić information content (AvgIpc) is 0.902. The van der Waals surface area contributed by atoms with Gasteiger partial charge in [0.15, 0.2) is 12.2 Å². The molecule has 0 aromatic heterocycles. The monoisotopic (exact) mass is 1580 g/mol. The summed E-state index contributed by atoms with van der Waals surface area (Å²) >= 11 is 0. The highest BCUT2D eigenvalue weighted by Crippen LogP contribution is 2.45. The fraction of sp³-hybridized carbons (Fsp3) is 0.955. The molecule has 108 heavy (non-hydrogen) atoms. The molecular formula is C89H174O17P2. The van der Waals surface area contributed by atoms with Gasteiger partial charge in [-0.05, 0) is 43.4 Å². The first kappa shape index (κ1) is 106. The highest BCUT2D eigenvalue weighted by atomic mass is 31.2. The molecule has 2 unspecified atom stereocenters. The minimum atomic E-state index is -4.97. The molecule has 19 heteroatoms. The maximum Gasteiger partial charge on any atom is 0.472 e. The Morgan fingerprint density at radius 2 is 0.426 bits per heavy atom.